The number of Topliss-reactive ketones (excluding diaryl/α,β-unsaturated/α-hetero) is 1. The second-order valence-corrected chi connectivity index (χ2v) is 10.2. The molecule has 1 unspecified atom stereocenters. The number of ketones is 1. The van der Waals surface area contributed by atoms with Crippen LogP contribution in [0, 0.1) is 0 Å². The molecule has 4 aromatic carbocycles. The number of hydrogen-bond donors (Lipinski definition) is 5. The lowest BCUT2D eigenvalue weighted by atomic mass is 9.88. The van der Waals surface area contributed by atoms with Crippen LogP contribution in [0.5, 0.6) is 34.5 Å². The lowest BCUT2D eigenvalue weighted by molar-refractivity contribution is 0.0863. The van der Waals surface area contributed by atoms with Crippen LogP contribution in [0.1, 0.15) is 57.1 Å². The number of hydrogen-bond acceptors (Lipinski definition) is 7. The zero-order valence-electron chi connectivity index (χ0n) is 21.1. The summed E-state index contributed by atoms with van der Waals surface area (Å²) in [5.41, 5.74) is 2.56. The Morgan fingerprint density at radius 2 is 1.41 bits per heavy atom. The van der Waals surface area contributed by atoms with Crippen molar-refractivity contribution in [3.8, 4) is 34.5 Å². The Labute approximate surface area is 230 Å². The molecule has 0 bridgehead atoms. The van der Waals surface area contributed by atoms with Crippen molar-refractivity contribution in [1.29, 1.82) is 0 Å². The van der Waals surface area contributed by atoms with Crippen LogP contribution >= 0.6 is 11.6 Å². The Hall–Kier alpha value is -4.36. The fourth-order valence-corrected chi connectivity index (χ4v) is 5.18. The van der Waals surface area contributed by atoms with Gasteiger partial charge >= 0.3 is 0 Å². The van der Waals surface area contributed by atoms with Crippen LogP contribution in [-0.4, -0.2) is 37.4 Å². The van der Waals surface area contributed by atoms with Crippen LogP contribution in [0.3, 0.4) is 0 Å². The van der Waals surface area contributed by atoms with Crippen LogP contribution in [0.15, 0.2) is 60.7 Å². The molecule has 8 heteroatoms. The van der Waals surface area contributed by atoms with Crippen LogP contribution < -0.4 is 4.74 Å². The van der Waals surface area contributed by atoms with E-state index in [4.69, 9.17) is 16.3 Å². The molecule has 1 aliphatic rings. The third-order valence-corrected chi connectivity index (χ3v) is 7.21. The van der Waals surface area contributed by atoms with Crippen molar-refractivity contribution in [3.63, 3.8) is 0 Å². The molecule has 0 saturated heterocycles. The average Bonchev–Trinajstić information content (AvgIpc) is 2.89. The second-order valence-electron chi connectivity index (χ2n) is 9.81. The number of aromatic hydroxyl groups is 5. The number of phenolic OH excluding ortho intramolecular Hbond substituents is 5. The van der Waals surface area contributed by atoms with Gasteiger partial charge in [-0.05, 0) is 59.5 Å². The van der Waals surface area contributed by atoms with E-state index in [0.29, 0.717) is 28.1 Å². The van der Waals surface area contributed by atoms with Gasteiger partial charge in [0.1, 0.15) is 46.2 Å². The average molecular weight is 547 g/mol. The molecule has 0 radical (unpaired) electrons. The first-order chi connectivity index (χ1) is 18.6. The van der Waals surface area contributed by atoms with Gasteiger partial charge in [0, 0.05) is 41.8 Å². The number of carbonyl (C=O) groups excluding carboxylic acids is 1. The highest BCUT2D eigenvalue weighted by molar-refractivity contribution is 6.30. The zero-order chi connectivity index (χ0) is 27.8. The van der Waals surface area contributed by atoms with Crippen molar-refractivity contribution in [1.82, 2.24) is 0 Å². The van der Waals surface area contributed by atoms with E-state index in [0.717, 1.165) is 5.56 Å². The normalized spacial score (nSPS) is 14.6. The van der Waals surface area contributed by atoms with Crippen LogP contribution in [0.25, 0.3) is 0 Å². The SMILES string of the molecule is CC1CC(=O)c2c(O)c(Cc3cc(Cl)ccc3O)c(O)c(Cc3cc(Cc4ccccc4O)ccc3O)c2O1. The van der Waals surface area contributed by atoms with Crippen molar-refractivity contribution >= 4 is 17.4 Å². The van der Waals surface area contributed by atoms with Gasteiger partial charge in [0.25, 0.3) is 0 Å². The van der Waals surface area contributed by atoms with Gasteiger partial charge in [-0.25, -0.2) is 0 Å². The van der Waals surface area contributed by atoms with Gasteiger partial charge in [0.15, 0.2) is 5.78 Å². The van der Waals surface area contributed by atoms with E-state index in [9.17, 15) is 30.3 Å². The van der Waals surface area contributed by atoms with Crippen molar-refractivity contribution in [2.75, 3.05) is 0 Å². The van der Waals surface area contributed by atoms with Gasteiger partial charge in [-0.15, -0.1) is 0 Å². The minimum Gasteiger partial charge on any atom is -0.508 e. The maximum absolute atomic E-state index is 13.0. The lowest BCUT2D eigenvalue weighted by Gasteiger charge is -2.28. The minimum absolute atomic E-state index is 0.0105. The molecular weight excluding hydrogens is 520 g/mol. The molecule has 0 fully saturated rings. The third kappa shape index (κ3) is 5.18. The molecule has 0 spiro atoms. The summed E-state index contributed by atoms with van der Waals surface area (Å²) in [6.45, 7) is 1.72. The molecule has 39 heavy (non-hydrogen) atoms. The number of carbonyl (C=O) groups is 1. The summed E-state index contributed by atoms with van der Waals surface area (Å²) in [5, 5.41) is 54.2. The summed E-state index contributed by atoms with van der Waals surface area (Å²) < 4.78 is 5.97. The van der Waals surface area contributed by atoms with E-state index in [1.165, 1.54) is 24.3 Å². The van der Waals surface area contributed by atoms with Crippen LogP contribution in [-0.2, 0) is 19.3 Å². The van der Waals surface area contributed by atoms with E-state index in [1.54, 1.807) is 31.2 Å². The number of halogens is 1. The number of para-hydroxylation sites is 1. The van der Waals surface area contributed by atoms with Gasteiger partial charge in [-0.2, -0.15) is 0 Å². The number of ether oxygens (including phenoxy) is 1. The molecule has 1 atom stereocenters. The van der Waals surface area contributed by atoms with Crippen molar-refractivity contribution < 1.29 is 35.1 Å². The standard InChI is InChI=1S/C31H27ClO7/c1-16-10-27(36)28-30(38)22(14-20-13-21(32)7-9-26(20)35)29(37)23(31(28)39-16)15-19-12-17(6-8-25(19)34)11-18-4-2-3-5-24(18)33/h2-9,12-13,16,33-35,37-38H,10-11,14-15H2,1H3. The Balaban J connectivity index is 1.61. The molecule has 0 amide bonds. The predicted octanol–water partition coefficient (Wildman–Crippen LogP) is 5.99. The number of fused-ring (bicyclic) bond motifs is 1. The van der Waals surface area contributed by atoms with Gasteiger partial charge in [0.2, 0.25) is 0 Å². The van der Waals surface area contributed by atoms with Crippen LogP contribution in [0.4, 0.5) is 0 Å². The maximum Gasteiger partial charge on any atom is 0.174 e. The van der Waals surface area contributed by atoms with E-state index in [1.807, 2.05) is 12.1 Å². The molecule has 1 heterocycles. The highest BCUT2D eigenvalue weighted by atomic mass is 35.5. The Morgan fingerprint density at radius 3 is 2.15 bits per heavy atom. The number of phenols is 5. The van der Waals surface area contributed by atoms with Gasteiger partial charge < -0.3 is 30.3 Å². The van der Waals surface area contributed by atoms with E-state index in [-0.39, 0.29) is 70.5 Å². The fourth-order valence-electron chi connectivity index (χ4n) is 4.98. The molecule has 0 aliphatic carbocycles. The molecular formula is C31H27ClO7. The van der Waals surface area contributed by atoms with Crippen molar-refractivity contribution in [2.45, 2.75) is 38.7 Å². The molecule has 0 aromatic heterocycles. The first-order valence-electron chi connectivity index (χ1n) is 12.5. The number of benzene rings is 4. The number of rotatable bonds is 6. The highest BCUT2D eigenvalue weighted by Crippen LogP contribution is 2.48. The lowest BCUT2D eigenvalue weighted by Crippen LogP contribution is -2.25. The van der Waals surface area contributed by atoms with E-state index >= 15 is 0 Å². The Morgan fingerprint density at radius 1 is 0.769 bits per heavy atom. The van der Waals surface area contributed by atoms with Crippen molar-refractivity contribution in [3.05, 3.63) is 105 Å². The Kier molecular flexibility index (Phi) is 7.02. The summed E-state index contributed by atoms with van der Waals surface area (Å²) in [6, 6.07) is 16.5. The van der Waals surface area contributed by atoms with Gasteiger partial charge in [-0.1, -0.05) is 41.9 Å². The molecule has 5 rings (SSSR count). The first-order valence-corrected chi connectivity index (χ1v) is 12.8. The third-order valence-electron chi connectivity index (χ3n) is 6.97. The summed E-state index contributed by atoms with van der Waals surface area (Å²) in [7, 11) is 0. The molecule has 0 saturated carbocycles. The highest BCUT2D eigenvalue weighted by Gasteiger charge is 2.34. The summed E-state index contributed by atoms with van der Waals surface area (Å²) in [6.07, 6.45) is -0.138. The van der Waals surface area contributed by atoms with Gasteiger partial charge in [0.05, 0.1) is 0 Å². The monoisotopic (exact) mass is 546 g/mol. The Bertz CT molecular complexity index is 1590. The summed E-state index contributed by atoms with van der Waals surface area (Å²) in [5.74, 6) is -0.940. The maximum atomic E-state index is 13.0. The minimum atomic E-state index is -0.480. The van der Waals surface area contributed by atoms with E-state index in [2.05, 4.69) is 0 Å². The molecule has 1 aliphatic heterocycles. The summed E-state index contributed by atoms with van der Waals surface area (Å²) >= 11 is 6.10. The zero-order valence-corrected chi connectivity index (χ0v) is 21.9. The predicted molar refractivity (Wildman–Crippen MR) is 147 cm³/mol. The quantitative estimate of drug-likeness (QED) is 0.201. The smallest absolute Gasteiger partial charge is 0.174 e. The van der Waals surface area contributed by atoms with E-state index < -0.39 is 11.9 Å². The van der Waals surface area contributed by atoms with Gasteiger partial charge in [-0.3, -0.25) is 4.79 Å². The molecule has 200 valence electrons. The summed E-state index contributed by atoms with van der Waals surface area (Å²) in [4.78, 5) is 13.0. The topological polar surface area (TPSA) is 127 Å². The largest absolute Gasteiger partial charge is 0.508 e. The second kappa shape index (κ2) is 10.4. The van der Waals surface area contributed by atoms with Crippen molar-refractivity contribution in [2.24, 2.45) is 0 Å². The first kappa shape index (κ1) is 26.3. The molecule has 4 aromatic rings. The fraction of sp³-hybridized carbons (Fsp3) is 0.194. The van der Waals surface area contributed by atoms with Crippen LogP contribution in [0.2, 0.25) is 5.02 Å². The molecule has 5 N–H and O–H groups in total. The molecule has 7 nitrogen and oxygen atoms in total.